The highest BCUT2D eigenvalue weighted by Crippen LogP contribution is 2.40. The van der Waals surface area contributed by atoms with Crippen molar-refractivity contribution in [2.24, 2.45) is 7.05 Å². The number of thioether (sulfide) groups is 1. The van der Waals surface area contributed by atoms with E-state index in [1.165, 1.54) is 11.8 Å². The highest BCUT2D eigenvalue weighted by atomic mass is 32.2. The molecule has 1 amide bonds. The summed E-state index contributed by atoms with van der Waals surface area (Å²) in [4.78, 5) is 29.1. The SMILES string of the molecule is COc1ccc([C@H]2CC(=O)Nc3c2c(=O)nc(SC)n3C)c(OC)c1. The van der Waals surface area contributed by atoms with Gasteiger partial charge in [-0.25, -0.2) is 0 Å². The fourth-order valence-electron chi connectivity index (χ4n) is 3.09. The minimum absolute atomic E-state index is 0.149. The van der Waals surface area contributed by atoms with Crippen molar-refractivity contribution in [2.75, 3.05) is 25.8 Å². The molecule has 2 aromatic rings. The molecule has 0 aliphatic carbocycles. The van der Waals surface area contributed by atoms with Crippen LogP contribution in [0.15, 0.2) is 28.2 Å². The van der Waals surface area contributed by atoms with Crippen molar-refractivity contribution in [2.45, 2.75) is 17.5 Å². The van der Waals surface area contributed by atoms with Crippen LogP contribution in [0.25, 0.3) is 0 Å². The van der Waals surface area contributed by atoms with Crippen molar-refractivity contribution in [1.29, 1.82) is 0 Å². The van der Waals surface area contributed by atoms with Gasteiger partial charge in [-0.3, -0.25) is 9.59 Å². The lowest BCUT2D eigenvalue weighted by Gasteiger charge is -2.28. The Labute approximate surface area is 149 Å². The summed E-state index contributed by atoms with van der Waals surface area (Å²) < 4.78 is 12.4. The molecular formula is C17H19N3O4S. The van der Waals surface area contributed by atoms with E-state index in [-0.39, 0.29) is 17.9 Å². The van der Waals surface area contributed by atoms with E-state index in [1.807, 2.05) is 12.3 Å². The molecule has 25 heavy (non-hydrogen) atoms. The predicted molar refractivity (Wildman–Crippen MR) is 95.9 cm³/mol. The van der Waals surface area contributed by atoms with Gasteiger partial charge in [0.15, 0.2) is 5.16 Å². The lowest BCUT2D eigenvalue weighted by molar-refractivity contribution is -0.116. The summed E-state index contributed by atoms with van der Waals surface area (Å²) in [6, 6.07) is 5.36. The summed E-state index contributed by atoms with van der Waals surface area (Å²) in [6.45, 7) is 0. The Hall–Kier alpha value is -2.48. The van der Waals surface area contributed by atoms with Crippen LogP contribution in [0.4, 0.5) is 5.82 Å². The summed E-state index contributed by atoms with van der Waals surface area (Å²) >= 11 is 1.35. The van der Waals surface area contributed by atoms with Crippen molar-refractivity contribution in [1.82, 2.24) is 9.55 Å². The Morgan fingerprint density at radius 3 is 2.68 bits per heavy atom. The van der Waals surface area contributed by atoms with Gasteiger partial charge in [-0.15, -0.1) is 0 Å². The molecule has 0 saturated carbocycles. The highest BCUT2D eigenvalue weighted by Gasteiger charge is 2.33. The van der Waals surface area contributed by atoms with Crippen LogP contribution in [-0.4, -0.2) is 35.9 Å². The number of nitrogens with zero attached hydrogens (tertiary/aromatic N) is 2. The third-order valence-corrected chi connectivity index (χ3v) is 5.03. The topological polar surface area (TPSA) is 82.5 Å². The Kier molecular flexibility index (Phi) is 4.71. The van der Waals surface area contributed by atoms with E-state index in [2.05, 4.69) is 10.3 Å². The number of fused-ring (bicyclic) bond motifs is 1. The Balaban J connectivity index is 2.23. The van der Waals surface area contributed by atoms with Crippen LogP contribution < -0.4 is 20.3 Å². The normalized spacial score (nSPS) is 16.2. The molecule has 0 bridgehead atoms. The number of nitrogens with one attached hydrogen (secondary N) is 1. The van der Waals surface area contributed by atoms with Crippen LogP contribution in [-0.2, 0) is 11.8 Å². The van der Waals surface area contributed by atoms with Crippen molar-refractivity contribution in [3.63, 3.8) is 0 Å². The lowest BCUT2D eigenvalue weighted by atomic mass is 9.86. The van der Waals surface area contributed by atoms with Crippen LogP contribution in [0.2, 0.25) is 0 Å². The van der Waals surface area contributed by atoms with E-state index in [4.69, 9.17) is 9.47 Å². The average molecular weight is 361 g/mol. The molecule has 0 spiro atoms. The maximum Gasteiger partial charge on any atom is 0.279 e. The highest BCUT2D eigenvalue weighted by molar-refractivity contribution is 7.98. The van der Waals surface area contributed by atoms with Gasteiger partial charge in [-0.05, 0) is 12.3 Å². The maximum absolute atomic E-state index is 12.7. The summed E-state index contributed by atoms with van der Waals surface area (Å²) in [5.74, 6) is 1.13. The molecule has 3 rings (SSSR count). The van der Waals surface area contributed by atoms with Crippen LogP contribution in [0.1, 0.15) is 23.5 Å². The first-order chi connectivity index (χ1) is 12.0. The van der Waals surface area contributed by atoms with Gasteiger partial charge < -0.3 is 19.4 Å². The standard InChI is InChI=1S/C17H19N3O4S/c1-20-15-14(16(22)19-17(20)25-4)11(8-13(21)18-15)10-6-5-9(23-2)7-12(10)24-3/h5-7,11H,8H2,1-4H3,(H,18,21)/t11-/m1/s1. The minimum Gasteiger partial charge on any atom is -0.497 e. The molecule has 0 radical (unpaired) electrons. The van der Waals surface area contributed by atoms with Gasteiger partial charge in [0.2, 0.25) is 5.91 Å². The fourth-order valence-corrected chi connectivity index (χ4v) is 3.63. The van der Waals surface area contributed by atoms with E-state index in [1.54, 1.807) is 38.0 Å². The summed E-state index contributed by atoms with van der Waals surface area (Å²) in [7, 11) is 4.90. The fraction of sp³-hybridized carbons (Fsp3) is 0.353. The first-order valence-electron chi connectivity index (χ1n) is 7.66. The zero-order valence-corrected chi connectivity index (χ0v) is 15.3. The third kappa shape index (κ3) is 2.97. The van der Waals surface area contributed by atoms with Crippen molar-refractivity contribution >= 4 is 23.5 Å². The molecule has 0 unspecified atom stereocenters. The maximum atomic E-state index is 12.7. The Morgan fingerprint density at radius 1 is 1.28 bits per heavy atom. The number of carbonyl (C=O) groups excluding carboxylic acids is 1. The number of amides is 1. The largest absolute Gasteiger partial charge is 0.497 e. The molecule has 0 fully saturated rings. The first-order valence-corrected chi connectivity index (χ1v) is 8.89. The second-order valence-corrected chi connectivity index (χ2v) is 6.41. The molecule has 1 aromatic carbocycles. The average Bonchev–Trinajstić information content (AvgIpc) is 2.63. The lowest BCUT2D eigenvalue weighted by Crippen LogP contribution is -2.33. The van der Waals surface area contributed by atoms with E-state index < -0.39 is 5.92 Å². The molecule has 1 aliphatic rings. The van der Waals surface area contributed by atoms with Gasteiger partial charge >= 0.3 is 0 Å². The smallest absolute Gasteiger partial charge is 0.279 e. The number of rotatable bonds is 4. The number of hydrogen-bond donors (Lipinski definition) is 1. The number of aromatic nitrogens is 2. The molecule has 1 atom stereocenters. The molecule has 132 valence electrons. The van der Waals surface area contributed by atoms with Crippen LogP contribution >= 0.6 is 11.8 Å². The van der Waals surface area contributed by atoms with E-state index in [0.717, 1.165) is 5.56 Å². The van der Waals surface area contributed by atoms with Crippen LogP contribution in [0, 0.1) is 0 Å². The number of anilines is 1. The molecule has 7 nitrogen and oxygen atoms in total. The summed E-state index contributed by atoms with van der Waals surface area (Å²) in [6.07, 6.45) is 1.99. The van der Waals surface area contributed by atoms with Crippen molar-refractivity contribution in [3.8, 4) is 11.5 Å². The van der Waals surface area contributed by atoms with Crippen LogP contribution in [0.5, 0.6) is 11.5 Å². The zero-order chi connectivity index (χ0) is 18.1. The Morgan fingerprint density at radius 2 is 2.04 bits per heavy atom. The number of ether oxygens (including phenoxy) is 2. The summed E-state index contributed by atoms with van der Waals surface area (Å²) in [5, 5.41) is 3.36. The van der Waals surface area contributed by atoms with E-state index in [0.29, 0.717) is 28.0 Å². The monoisotopic (exact) mass is 361 g/mol. The molecular weight excluding hydrogens is 342 g/mol. The number of carbonyl (C=O) groups is 1. The van der Waals surface area contributed by atoms with Crippen molar-refractivity contribution in [3.05, 3.63) is 39.7 Å². The second kappa shape index (κ2) is 6.79. The molecule has 1 aromatic heterocycles. The number of methoxy groups -OCH3 is 2. The van der Waals surface area contributed by atoms with Crippen molar-refractivity contribution < 1.29 is 14.3 Å². The van der Waals surface area contributed by atoms with Gasteiger partial charge in [0, 0.05) is 31.0 Å². The summed E-state index contributed by atoms with van der Waals surface area (Å²) in [5.41, 5.74) is 0.902. The van der Waals surface area contributed by atoms with E-state index >= 15 is 0 Å². The molecule has 1 aliphatic heterocycles. The Bertz CT molecular complexity index is 894. The van der Waals surface area contributed by atoms with Gasteiger partial charge in [0.25, 0.3) is 5.56 Å². The third-order valence-electron chi connectivity index (χ3n) is 4.30. The zero-order valence-electron chi connectivity index (χ0n) is 14.5. The van der Waals surface area contributed by atoms with Gasteiger partial charge in [0.1, 0.15) is 17.3 Å². The number of hydrogen-bond acceptors (Lipinski definition) is 6. The number of benzene rings is 1. The predicted octanol–water partition coefficient (Wildman–Crippen LogP) is 1.99. The van der Waals surface area contributed by atoms with Crippen LogP contribution in [0.3, 0.4) is 0 Å². The first kappa shape index (κ1) is 17.3. The molecule has 2 heterocycles. The van der Waals surface area contributed by atoms with E-state index in [9.17, 15) is 9.59 Å². The molecule has 8 heteroatoms. The quantitative estimate of drug-likeness (QED) is 0.662. The van der Waals surface area contributed by atoms with Gasteiger partial charge in [-0.2, -0.15) is 4.98 Å². The second-order valence-electron chi connectivity index (χ2n) is 5.64. The molecule has 0 saturated heterocycles. The van der Waals surface area contributed by atoms with Gasteiger partial charge in [0.05, 0.1) is 19.8 Å². The van der Waals surface area contributed by atoms with Gasteiger partial charge in [-0.1, -0.05) is 17.8 Å². The molecule has 1 N–H and O–H groups in total. The minimum atomic E-state index is -0.424.